The van der Waals surface area contributed by atoms with Crippen molar-refractivity contribution in [2.45, 2.75) is 46.1 Å². The van der Waals surface area contributed by atoms with Gasteiger partial charge in [-0.05, 0) is 32.1 Å². The molecule has 5 rings (SSSR count). The summed E-state index contributed by atoms with van der Waals surface area (Å²) in [5.74, 6) is 2.26. The summed E-state index contributed by atoms with van der Waals surface area (Å²) in [6.07, 6.45) is 3.39. The third-order valence-electron chi connectivity index (χ3n) is 7.22. The van der Waals surface area contributed by atoms with Crippen LogP contribution in [0.5, 0.6) is 0 Å². The number of hydrogen-bond acceptors (Lipinski definition) is 5. The Hall–Kier alpha value is -1.89. The number of fused-ring (bicyclic) bond motifs is 1. The summed E-state index contributed by atoms with van der Waals surface area (Å²) in [5.41, 5.74) is 0.372. The van der Waals surface area contributed by atoms with E-state index in [1.54, 1.807) is 13.8 Å². The molecular weight excluding hydrogens is 358 g/mol. The van der Waals surface area contributed by atoms with E-state index in [2.05, 4.69) is 11.9 Å². The molecule has 1 saturated carbocycles. The van der Waals surface area contributed by atoms with Crippen LogP contribution in [0.4, 0.5) is 0 Å². The molecule has 152 valence electrons. The van der Waals surface area contributed by atoms with Gasteiger partial charge in [0, 0.05) is 51.0 Å². The molecule has 0 radical (unpaired) electrons. The number of rotatable bonds is 3. The van der Waals surface area contributed by atoms with E-state index >= 15 is 0 Å². The number of ether oxygens (including phenoxy) is 1. The largest absolute Gasteiger partial charge is 0.445 e. The molecule has 0 aromatic carbocycles. The van der Waals surface area contributed by atoms with Crippen molar-refractivity contribution in [2.75, 3.05) is 32.8 Å². The molecule has 1 aromatic rings. The maximum absolute atomic E-state index is 13.2. The van der Waals surface area contributed by atoms with Crippen molar-refractivity contribution in [3.05, 3.63) is 17.3 Å². The number of hydrogen-bond donors (Lipinski definition) is 0. The number of nitrogens with zero attached hydrogens (tertiary/aromatic N) is 3. The first-order chi connectivity index (χ1) is 13.4. The van der Waals surface area contributed by atoms with Gasteiger partial charge in [0.2, 0.25) is 5.91 Å². The minimum absolute atomic E-state index is 0.0356. The molecular formula is C21H29N3O4. The number of aryl methyl sites for hydroxylation is 2. The summed E-state index contributed by atoms with van der Waals surface area (Å²) < 4.78 is 11.3. The Labute approximate surface area is 165 Å². The number of carbonyl (C=O) groups is 2. The molecule has 1 aromatic heterocycles. The predicted molar refractivity (Wildman–Crippen MR) is 101 cm³/mol. The summed E-state index contributed by atoms with van der Waals surface area (Å²) in [6.45, 7) is 9.28. The van der Waals surface area contributed by atoms with Crippen LogP contribution in [0, 0.1) is 37.0 Å². The van der Waals surface area contributed by atoms with Gasteiger partial charge in [0.05, 0.1) is 12.0 Å². The van der Waals surface area contributed by atoms with E-state index < -0.39 is 0 Å². The Bertz CT molecular complexity index is 817. The molecule has 1 aliphatic carbocycles. The third kappa shape index (κ3) is 2.86. The van der Waals surface area contributed by atoms with E-state index in [4.69, 9.17) is 9.15 Å². The summed E-state index contributed by atoms with van der Waals surface area (Å²) >= 11 is 0. The van der Waals surface area contributed by atoms with E-state index in [1.165, 1.54) is 12.8 Å². The second-order valence-electron chi connectivity index (χ2n) is 9.46. The van der Waals surface area contributed by atoms with E-state index in [1.807, 2.05) is 9.80 Å². The Kier molecular flexibility index (Phi) is 4.09. The molecule has 7 heteroatoms. The maximum Gasteiger partial charge on any atom is 0.276 e. The molecule has 0 N–H and O–H groups in total. The van der Waals surface area contributed by atoms with Crippen molar-refractivity contribution >= 4 is 11.8 Å². The Morgan fingerprint density at radius 2 is 1.82 bits per heavy atom. The minimum atomic E-state index is -0.0548. The zero-order valence-corrected chi connectivity index (χ0v) is 16.9. The van der Waals surface area contributed by atoms with Crippen LogP contribution >= 0.6 is 0 Å². The van der Waals surface area contributed by atoms with Crippen molar-refractivity contribution < 1.29 is 18.7 Å². The maximum atomic E-state index is 13.2. The topological polar surface area (TPSA) is 75.9 Å². The number of oxazole rings is 1. The summed E-state index contributed by atoms with van der Waals surface area (Å²) in [4.78, 5) is 34.3. The lowest BCUT2D eigenvalue weighted by molar-refractivity contribution is -0.137. The fraction of sp³-hybridized carbons (Fsp3) is 0.762. The Morgan fingerprint density at radius 1 is 1.11 bits per heavy atom. The first-order valence-electron chi connectivity index (χ1n) is 10.5. The number of amides is 2. The number of aromatic nitrogens is 1. The van der Waals surface area contributed by atoms with Crippen LogP contribution in [0.2, 0.25) is 0 Å². The lowest BCUT2D eigenvalue weighted by atomic mass is 9.83. The zero-order valence-electron chi connectivity index (χ0n) is 16.9. The number of carbonyl (C=O) groups excluding carboxylic acids is 2. The number of likely N-dealkylation sites (tertiary alicyclic amines) is 2. The molecule has 0 spiro atoms. The van der Waals surface area contributed by atoms with Crippen molar-refractivity contribution in [2.24, 2.45) is 23.2 Å². The van der Waals surface area contributed by atoms with Crippen molar-refractivity contribution in [3.8, 4) is 0 Å². The van der Waals surface area contributed by atoms with Crippen LogP contribution in [-0.4, -0.2) is 65.5 Å². The highest BCUT2D eigenvalue weighted by molar-refractivity contribution is 5.93. The van der Waals surface area contributed by atoms with E-state index in [9.17, 15) is 9.59 Å². The van der Waals surface area contributed by atoms with Crippen LogP contribution < -0.4 is 0 Å². The molecule has 0 bridgehead atoms. The van der Waals surface area contributed by atoms with Crippen LogP contribution in [0.3, 0.4) is 0 Å². The second-order valence-corrected chi connectivity index (χ2v) is 9.46. The zero-order chi connectivity index (χ0) is 19.6. The van der Waals surface area contributed by atoms with Gasteiger partial charge in [-0.1, -0.05) is 6.92 Å². The fourth-order valence-corrected chi connectivity index (χ4v) is 5.54. The molecule has 28 heavy (non-hydrogen) atoms. The fourth-order valence-electron chi connectivity index (χ4n) is 5.54. The highest BCUT2D eigenvalue weighted by Gasteiger charge is 2.54. The summed E-state index contributed by atoms with van der Waals surface area (Å²) in [7, 11) is 0. The highest BCUT2D eigenvalue weighted by Crippen LogP contribution is 2.46. The first kappa shape index (κ1) is 18.2. The molecule has 0 unspecified atom stereocenters. The molecule has 4 aliphatic rings. The van der Waals surface area contributed by atoms with Gasteiger partial charge < -0.3 is 19.0 Å². The van der Waals surface area contributed by atoms with Crippen molar-refractivity contribution in [1.82, 2.24) is 14.8 Å². The van der Waals surface area contributed by atoms with E-state index in [0.717, 1.165) is 19.5 Å². The molecule has 3 saturated heterocycles. The smallest absolute Gasteiger partial charge is 0.276 e. The predicted octanol–water partition coefficient (Wildman–Crippen LogP) is 2.03. The van der Waals surface area contributed by atoms with Crippen LogP contribution in [0.25, 0.3) is 0 Å². The highest BCUT2D eigenvalue weighted by atomic mass is 16.5. The molecule has 4 atom stereocenters. The Balaban J connectivity index is 1.26. The lowest BCUT2D eigenvalue weighted by Crippen LogP contribution is -2.42. The monoisotopic (exact) mass is 387 g/mol. The summed E-state index contributed by atoms with van der Waals surface area (Å²) in [6, 6.07) is 0. The van der Waals surface area contributed by atoms with Gasteiger partial charge in [-0.2, -0.15) is 0 Å². The van der Waals surface area contributed by atoms with Crippen LogP contribution in [-0.2, 0) is 9.53 Å². The van der Waals surface area contributed by atoms with Gasteiger partial charge in [0.25, 0.3) is 5.91 Å². The van der Waals surface area contributed by atoms with Crippen molar-refractivity contribution in [3.63, 3.8) is 0 Å². The normalized spacial score (nSPS) is 34.9. The van der Waals surface area contributed by atoms with Gasteiger partial charge in [0.1, 0.15) is 5.76 Å². The van der Waals surface area contributed by atoms with Crippen molar-refractivity contribution in [1.29, 1.82) is 0 Å². The van der Waals surface area contributed by atoms with E-state index in [-0.39, 0.29) is 29.3 Å². The van der Waals surface area contributed by atoms with Gasteiger partial charge in [-0.15, -0.1) is 0 Å². The molecule has 7 nitrogen and oxygen atoms in total. The SMILES string of the molecule is Cc1nc(C(=O)N2C[C@@H]3CN(C(=O)[C@@H]4CCO[C@H]4C4CC4)C[C@]3(C)C2)c(C)o1. The molecule has 4 fully saturated rings. The molecule has 3 aliphatic heterocycles. The lowest BCUT2D eigenvalue weighted by Gasteiger charge is -2.28. The quantitative estimate of drug-likeness (QED) is 0.793. The minimum Gasteiger partial charge on any atom is -0.445 e. The molecule has 4 heterocycles. The third-order valence-corrected chi connectivity index (χ3v) is 7.22. The standard InChI is InChI=1S/C21H29N3O4/c1-12-17(22-13(2)28-12)20(26)24-9-15-8-23(10-21(15,3)11-24)19(25)16-6-7-27-18(16)14-4-5-14/h14-16,18H,4-11H2,1-3H3/t15-,16+,18-,21+/m0/s1. The van der Waals surface area contributed by atoms with Gasteiger partial charge in [0.15, 0.2) is 11.6 Å². The van der Waals surface area contributed by atoms with Crippen LogP contribution in [0.15, 0.2) is 4.42 Å². The first-order valence-corrected chi connectivity index (χ1v) is 10.5. The average Bonchev–Trinajstić information content (AvgIpc) is 2.97. The Morgan fingerprint density at radius 3 is 2.46 bits per heavy atom. The van der Waals surface area contributed by atoms with Gasteiger partial charge >= 0.3 is 0 Å². The second kappa shape index (κ2) is 6.31. The van der Waals surface area contributed by atoms with Gasteiger partial charge in [-0.3, -0.25) is 9.59 Å². The van der Waals surface area contributed by atoms with Crippen LogP contribution in [0.1, 0.15) is 48.3 Å². The van der Waals surface area contributed by atoms with Gasteiger partial charge in [-0.25, -0.2) is 4.98 Å². The summed E-state index contributed by atoms with van der Waals surface area (Å²) in [5, 5.41) is 0. The van der Waals surface area contributed by atoms with E-state index in [0.29, 0.717) is 48.9 Å². The molecule has 2 amide bonds. The average molecular weight is 387 g/mol.